The second-order valence-electron chi connectivity index (χ2n) is 3.07. The molecule has 0 rings (SSSR count). The fourth-order valence-corrected chi connectivity index (χ4v) is 0.893. The average molecular weight is 225 g/mol. The van der Waals surface area contributed by atoms with Crippen LogP contribution in [0.25, 0.3) is 0 Å². The van der Waals surface area contributed by atoms with E-state index < -0.39 is 43.0 Å². The number of carbonyl (C=O) groups excluding carboxylic acids is 1. The largest absolute Gasteiger partial charge is 0.394 e. The Kier molecular flexibility index (Phi) is 5.65. The van der Waals surface area contributed by atoms with Crippen LogP contribution in [-0.2, 0) is 4.79 Å². The van der Waals surface area contributed by atoms with Crippen molar-refractivity contribution in [3.05, 3.63) is 0 Å². The van der Waals surface area contributed by atoms with Crippen molar-refractivity contribution >= 4 is 5.91 Å². The first-order valence-corrected chi connectivity index (χ1v) is 4.13. The van der Waals surface area contributed by atoms with Crippen molar-refractivity contribution in [1.82, 2.24) is 0 Å². The lowest BCUT2D eigenvalue weighted by Crippen LogP contribution is -2.53. The lowest BCUT2D eigenvalue weighted by molar-refractivity contribution is -0.154. The number of primary amides is 1. The molecule has 0 aromatic carbocycles. The molecule has 0 aliphatic heterocycles. The van der Waals surface area contributed by atoms with Gasteiger partial charge < -0.3 is 36.4 Å². The molecule has 0 aliphatic carbocycles. The van der Waals surface area contributed by atoms with Gasteiger partial charge >= 0.3 is 0 Å². The molecule has 0 spiro atoms. The quantitative estimate of drug-likeness (QED) is 0.238. The average Bonchev–Trinajstić information content (AvgIpc) is 2.23. The Labute approximate surface area is 85.2 Å². The number of carbonyl (C=O) groups is 1. The van der Waals surface area contributed by atoms with Crippen LogP contribution in [0, 0.1) is 0 Å². The van der Waals surface area contributed by atoms with Gasteiger partial charge in [0.15, 0.2) is 6.10 Å². The minimum absolute atomic E-state index is 0.850. The Hall–Kier alpha value is -0.770. The number of amides is 1. The predicted molar refractivity (Wildman–Crippen MR) is 46.3 cm³/mol. The third-order valence-corrected chi connectivity index (χ3v) is 1.90. The topological polar surface area (TPSA) is 164 Å². The normalized spacial score (nSPS) is 21.5. The molecule has 0 bridgehead atoms. The summed E-state index contributed by atoms with van der Waals surface area (Å²) in [6, 6.07) is 0. The molecule has 8 heteroatoms. The zero-order chi connectivity index (χ0) is 12.2. The summed E-state index contributed by atoms with van der Waals surface area (Å²) in [5.41, 5.74) is 4.63. The third-order valence-electron chi connectivity index (χ3n) is 1.90. The van der Waals surface area contributed by atoms with Crippen molar-refractivity contribution in [3.8, 4) is 0 Å². The fourth-order valence-electron chi connectivity index (χ4n) is 0.893. The molecule has 90 valence electrons. The van der Waals surface area contributed by atoms with Crippen molar-refractivity contribution in [2.24, 2.45) is 5.73 Å². The summed E-state index contributed by atoms with van der Waals surface area (Å²) < 4.78 is 0. The zero-order valence-electron chi connectivity index (χ0n) is 7.76. The summed E-state index contributed by atoms with van der Waals surface area (Å²) in [5.74, 6) is -1.28. The minimum Gasteiger partial charge on any atom is -0.394 e. The van der Waals surface area contributed by atoms with Crippen LogP contribution in [-0.4, -0.2) is 73.7 Å². The Morgan fingerprint density at radius 3 is 1.80 bits per heavy atom. The van der Waals surface area contributed by atoms with Gasteiger partial charge in [0.2, 0.25) is 5.91 Å². The van der Waals surface area contributed by atoms with E-state index in [4.69, 9.17) is 30.6 Å². The van der Waals surface area contributed by atoms with Crippen molar-refractivity contribution < 1.29 is 35.4 Å². The third kappa shape index (κ3) is 3.70. The van der Waals surface area contributed by atoms with E-state index >= 15 is 0 Å². The van der Waals surface area contributed by atoms with Gasteiger partial charge in [-0.05, 0) is 0 Å². The SMILES string of the molecule is NC(=O)[C@H](O)[C@H](O)[C@@H](O)[C@H](O)[C@H](O)CO. The first kappa shape index (κ1) is 14.2. The minimum atomic E-state index is -2.07. The molecule has 0 aromatic heterocycles. The van der Waals surface area contributed by atoms with Gasteiger partial charge in [0.05, 0.1) is 6.61 Å². The van der Waals surface area contributed by atoms with Gasteiger partial charge in [-0.3, -0.25) is 4.79 Å². The van der Waals surface area contributed by atoms with Crippen molar-refractivity contribution in [2.45, 2.75) is 30.5 Å². The molecule has 0 saturated heterocycles. The van der Waals surface area contributed by atoms with E-state index in [2.05, 4.69) is 5.73 Å². The van der Waals surface area contributed by atoms with E-state index in [1.807, 2.05) is 0 Å². The second kappa shape index (κ2) is 5.95. The maximum atomic E-state index is 10.4. The van der Waals surface area contributed by atoms with E-state index in [0.717, 1.165) is 0 Å². The Balaban J connectivity index is 4.42. The number of nitrogens with two attached hydrogens (primary N) is 1. The second-order valence-corrected chi connectivity index (χ2v) is 3.07. The first-order valence-electron chi connectivity index (χ1n) is 4.13. The number of aliphatic hydroxyl groups excluding tert-OH is 6. The number of hydrogen-bond acceptors (Lipinski definition) is 7. The van der Waals surface area contributed by atoms with Crippen LogP contribution >= 0.6 is 0 Å². The van der Waals surface area contributed by atoms with E-state index in [1.165, 1.54) is 0 Å². The molecule has 8 nitrogen and oxygen atoms in total. The zero-order valence-corrected chi connectivity index (χ0v) is 7.76. The summed E-state index contributed by atoms with van der Waals surface area (Å²) in [5, 5.41) is 53.6. The fraction of sp³-hybridized carbons (Fsp3) is 0.857. The maximum Gasteiger partial charge on any atom is 0.249 e. The highest BCUT2D eigenvalue weighted by Crippen LogP contribution is 2.08. The van der Waals surface area contributed by atoms with E-state index in [9.17, 15) is 4.79 Å². The maximum absolute atomic E-state index is 10.4. The standard InChI is InChI=1S/C7H15NO7/c8-7(15)6(14)5(13)4(12)3(11)2(10)1-9/h2-6,9-14H,1H2,(H2,8,15)/t2-,3-,4+,5-,6-/m1/s1. The molecule has 0 saturated carbocycles. The predicted octanol–water partition coefficient (Wildman–Crippen LogP) is -4.73. The molecule has 15 heavy (non-hydrogen) atoms. The van der Waals surface area contributed by atoms with Crippen LogP contribution in [0.4, 0.5) is 0 Å². The smallest absolute Gasteiger partial charge is 0.249 e. The van der Waals surface area contributed by atoms with Gasteiger partial charge in [-0.15, -0.1) is 0 Å². The van der Waals surface area contributed by atoms with Crippen molar-refractivity contribution in [1.29, 1.82) is 0 Å². The highest BCUT2D eigenvalue weighted by atomic mass is 16.4. The summed E-state index contributed by atoms with van der Waals surface area (Å²) in [4.78, 5) is 10.4. The first-order chi connectivity index (χ1) is 6.82. The molecule has 0 aromatic rings. The van der Waals surface area contributed by atoms with Gasteiger partial charge in [-0.1, -0.05) is 0 Å². The lowest BCUT2D eigenvalue weighted by Gasteiger charge is -2.27. The number of aliphatic hydroxyl groups is 6. The van der Waals surface area contributed by atoms with E-state index in [0.29, 0.717) is 0 Å². The molecule has 8 N–H and O–H groups in total. The molecular weight excluding hydrogens is 210 g/mol. The highest BCUT2D eigenvalue weighted by molar-refractivity contribution is 5.79. The molecule has 0 radical (unpaired) electrons. The molecular formula is C7H15NO7. The van der Waals surface area contributed by atoms with Crippen molar-refractivity contribution in [3.63, 3.8) is 0 Å². The summed E-state index contributed by atoms with van der Waals surface area (Å²) in [6.45, 7) is -0.850. The molecule has 0 aliphatic rings. The number of hydrogen-bond donors (Lipinski definition) is 7. The van der Waals surface area contributed by atoms with Crippen LogP contribution in [0.3, 0.4) is 0 Å². The molecule has 5 atom stereocenters. The summed E-state index contributed by atoms with van der Waals surface area (Å²) in [7, 11) is 0. The van der Waals surface area contributed by atoms with E-state index in [1.54, 1.807) is 0 Å². The molecule has 0 heterocycles. The van der Waals surface area contributed by atoms with Crippen LogP contribution in [0.15, 0.2) is 0 Å². The number of rotatable bonds is 6. The van der Waals surface area contributed by atoms with E-state index in [-0.39, 0.29) is 0 Å². The van der Waals surface area contributed by atoms with Gasteiger partial charge in [-0.25, -0.2) is 0 Å². The molecule has 0 fully saturated rings. The Morgan fingerprint density at radius 1 is 1.00 bits per heavy atom. The monoisotopic (exact) mass is 225 g/mol. The Bertz CT molecular complexity index is 212. The molecule has 1 amide bonds. The van der Waals surface area contributed by atoms with Gasteiger partial charge in [0.25, 0.3) is 0 Å². The Morgan fingerprint density at radius 2 is 1.47 bits per heavy atom. The van der Waals surface area contributed by atoms with Gasteiger partial charge in [0, 0.05) is 0 Å². The summed E-state index contributed by atoms with van der Waals surface area (Å²) >= 11 is 0. The van der Waals surface area contributed by atoms with Crippen molar-refractivity contribution in [2.75, 3.05) is 6.61 Å². The van der Waals surface area contributed by atoms with Crippen LogP contribution in [0.1, 0.15) is 0 Å². The lowest BCUT2D eigenvalue weighted by atomic mass is 9.99. The van der Waals surface area contributed by atoms with Crippen LogP contribution in [0.5, 0.6) is 0 Å². The highest BCUT2D eigenvalue weighted by Gasteiger charge is 2.36. The van der Waals surface area contributed by atoms with Crippen LogP contribution < -0.4 is 5.73 Å². The van der Waals surface area contributed by atoms with Crippen LogP contribution in [0.2, 0.25) is 0 Å². The van der Waals surface area contributed by atoms with Gasteiger partial charge in [0.1, 0.15) is 24.4 Å². The summed E-state index contributed by atoms with van der Waals surface area (Å²) in [6.07, 6.45) is -9.72. The van der Waals surface area contributed by atoms with Gasteiger partial charge in [-0.2, -0.15) is 0 Å². The molecule has 0 unspecified atom stereocenters.